The molecular formula is C18H16N2O5. The number of para-hydroxylation sites is 1. The first-order chi connectivity index (χ1) is 11.8. The number of benzene rings is 2. The predicted octanol–water partition coefficient (Wildman–Crippen LogP) is 2.34. The molecule has 0 radical (unpaired) electrons. The Hall–Kier alpha value is -3.48. The number of anilines is 1. The van der Waals surface area contributed by atoms with Crippen LogP contribution in [0.15, 0.2) is 54.6 Å². The summed E-state index contributed by atoms with van der Waals surface area (Å²) in [5, 5.41) is 10.8. The topological polar surface area (TPSA) is 95.0 Å². The van der Waals surface area contributed by atoms with Crippen LogP contribution in [0.4, 0.5) is 5.69 Å². The second-order valence-corrected chi connectivity index (χ2v) is 5.15. The average Bonchev–Trinajstić information content (AvgIpc) is 2.59. The minimum atomic E-state index is -1.30. The van der Waals surface area contributed by atoms with E-state index in [4.69, 9.17) is 0 Å². The Bertz CT molecular complexity index is 832. The fourth-order valence-electron chi connectivity index (χ4n) is 2.35. The quantitative estimate of drug-likeness (QED) is 0.865. The molecule has 2 aromatic carbocycles. The molecule has 0 aliphatic heterocycles. The Kier molecular flexibility index (Phi) is 5.28. The molecule has 7 heteroatoms. The van der Waals surface area contributed by atoms with Gasteiger partial charge in [-0.15, -0.1) is 0 Å². The maximum atomic E-state index is 12.9. The van der Waals surface area contributed by atoms with Gasteiger partial charge in [-0.2, -0.15) is 5.01 Å². The highest BCUT2D eigenvalue weighted by Crippen LogP contribution is 2.20. The number of aromatic carboxylic acids is 1. The van der Waals surface area contributed by atoms with E-state index in [-0.39, 0.29) is 11.1 Å². The van der Waals surface area contributed by atoms with Crippen molar-refractivity contribution in [2.75, 3.05) is 5.01 Å². The number of hydrogen-bond acceptors (Lipinski definition) is 4. The summed E-state index contributed by atoms with van der Waals surface area (Å²) < 4.78 is 0. The third-order valence-corrected chi connectivity index (χ3v) is 3.38. The van der Waals surface area contributed by atoms with Gasteiger partial charge in [0.15, 0.2) is 0 Å². The van der Waals surface area contributed by atoms with Crippen molar-refractivity contribution >= 4 is 29.4 Å². The third kappa shape index (κ3) is 3.72. The second-order valence-electron chi connectivity index (χ2n) is 5.15. The number of imide groups is 1. The van der Waals surface area contributed by atoms with E-state index in [1.807, 2.05) is 0 Å². The second kappa shape index (κ2) is 7.39. The van der Waals surface area contributed by atoms with Gasteiger partial charge in [0.25, 0.3) is 5.91 Å². The summed E-state index contributed by atoms with van der Waals surface area (Å²) in [6.07, 6.45) is 0. The molecule has 128 valence electrons. The summed E-state index contributed by atoms with van der Waals surface area (Å²) in [6, 6.07) is 13.7. The van der Waals surface area contributed by atoms with Crippen LogP contribution in [-0.4, -0.2) is 33.8 Å². The van der Waals surface area contributed by atoms with Crippen LogP contribution in [-0.2, 0) is 9.59 Å². The fraction of sp³-hybridized carbons (Fsp3) is 0.111. The molecule has 0 atom stereocenters. The molecule has 1 N–H and O–H groups in total. The zero-order valence-electron chi connectivity index (χ0n) is 13.7. The standard InChI is InChI=1S/C18H16N2O5/c1-12(21)19(14-8-4-3-5-9-14)20(13(2)22)17(23)15-10-6-7-11-16(15)18(24)25/h3-11H,1-2H3,(H,24,25). The molecule has 3 amide bonds. The molecule has 7 nitrogen and oxygen atoms in total. The molecule has 0 saturated heterocycles. The van der Waals surface area contributed by atoms with E-state index in [9.17, 15) is 24.3 Å². The van der Waals surface area contributed by atoms with Crippen molar-refractivity contribution in [3.8, 4) is 0 Å². The van der Waals surface area contributed by atoms with E-state index in [0.29, 0.717) is 10.7 Å². The Morgan fingerprint density at radius 3 is 1.76 bits per heavy atom. The van der Waals surface area contributed by atoms with E-state index in [2.05, 4.69) is 0 Å². The normalized spacial score (nSPS) is 10.0. The van der Waals surface area contributed by atoms with Crippen LogP contribution in [0.25, 0.3) is 0 Å². The van der Waals surface area contributed by atoms with Gasteiger partial charge in [-0.1, -0.05) is 30.3 Å². The molecule has 2 aromatic rings. The van der Waals surface area contributed by atoms with Gasteiger partial charge in [0.05, 0.1) is 16.8 Å². The van der Waals surface area contributed by atoms with Crippen molar-refractivity contribution in [3.63, 3.8) is 0 Å². The molecule has 0 spiro atoms. The van der Waals surface area contributed by atoms with Crippen molar-refractivity contribution in [2.24, 2.45) is 0 Å². The van der Waals surface area contributed by atoms with Gasteiger partial charge in [0.1, 0.15) is 0 Å². The van der Waals surface area contributed by atoms with Gasteiger partial charge in [-0.25, -0.2) is 9.80 Å². The van der Waals surface area contributed by atoms with Gasteiger partial charge in [-0.3, -0.25) is 14.4 Å². The first kappa shape index (κ1) is 17.9. The number of nitrogens with zero attached hydrogens (tertiary/aromatic N) is 2. The first-order valence-corrected chi connectivity index (χ1v) is 7.37. The molecule has 0 aliphatic carbocycles. The lowest BCUT2D eigenvalue weighted by Crippen LogP contribution is -2.52. The van der Waals surface area contributed by atoms with E-state index in [1.54, 1.807) is 30.3 Å². The Balaban J connectivity index is 2.57. The number of hydrazine groups is 1. The van der Waals surface area contributed by atoms with Crippen LogP contribution in [0.5, 0.6) is 0 Å². The monoisotopic (exact) mass is 340 g/mol. The van der Waals surface area contributed by atoms with Gasteiger partial charge in [0.2, 0.25) is 11.8 Å². The van der Waals surface area contributed by atoms with Gasteiger partial charge in [-0.05, 0) is 24.3 Å². The third-order valence-electron chi connectivity index (χ3n) is 3.38. The van der Waals surface area contributed by atoms with E-state index >= 15 is 0 Å². The zero-order valence-corrected chi connectivity index (χ0v) is 13.7. The van der Waals surface area contributed by atoms with Crippen molar-refractivity contribution in [3.05, 3.63) is 65.7 Å². The number of amides is 3. The van der Waals surface area contributed by atoms with Crippen LogP contribution < -0.4 is 5.01 Å². The molecule has 0 aliphatic rings. The van der Waals surface area contributed by atoms with Gasteiger partial charge in [0, 0.05) is 13.8 Å². The maximum absolute atomic E-state index is 12.9. The smallest absolute Gasteiger partial charge is 0.336 e. The predicted molar refractivity (Wildman–Crippen MR) is 89.9 cm³/mol. The fourth-order valence-corrected chi connectivity index (χ4v) is 2.35. The van der Waals surface area contributed by atoms with Crippen LogP contribution in [0, 0.1) is 0 Å². The lowest BCUT2D eigenvalue weighted by Gasteiger charge is -2.31. The molecule has 0 fully saturated rings. The van der Waals surface area contributed by atoms with E-state index < -0.39 is 23.7 Å². The lowest BCUT2D eigenvalue weighted by molar-refractivity contribution is -0.131. The summed E-state index contributed by atoms with van der Waals surface area (Å²) in [5.74, 6) is -3.49. The minimum absolute atomic E-state index is 0.188. The summed E-state index contributed by atoms with van der Waals surface area (Å²) in [5.41, 5.74) is -0.131. The van der Waals surface area contributed by atoms with Crippen LogP contribution >= 0.6 is 0 Å². The molecule has 0 bridgehead atoms. The number of carbonyl (C=O) groups excluding carboxylic acids is 3. The molecule has 0 heterocycles. The van der Waals surface area contributed by atoms with Crippen molar-refractivity contribution < 1.29 is 24.3 Å². The van der Waals surface area contributed by atoms with Gasteiger partial charge >= 0.3 is 5.97 Å². The Labute approximate surface area is 144 Å². The number of hydrogen-bond donors (Lipinski definition) is 1. The molecule has 0 unspecified atom stereocenters. The van der Waals surface area contributed by atoms with Crippen LogP contribution in [0.3, 0.4) is 0 Å². The molecule has 0 aromatic heterocycles. The minimum Gasteiger partial charge on any atom is -0.478 e. The van der Waals surface area contributed by atoms with Crippen LogP contribution in [0.1, 0.15) is 34.6 Å². The maximum Gasteiger partial charge on any atom is 0.336 e. The number of carbonyl (C=O) groups is 4. The summed E-state index contributed by atoms with van der Waals surface area (Å²) in [7, 11) is 0. The zero-order chi connectivity index (χ0) is 18.6. The summed E-state index contributed by atoms with van der Waals surface area (Å²) in [6.45, 7) is 2.33. The van der Waals surface area contributed by atoms with Crippen molar-refractivity contribution in [1.29, 1.82) is 0 Å². The largest absolute Gasteiger partial charge is 0.478 e. The molecule has 2 rings (SSSR count). The number of carboxylic acid groups (broad SMARTS) is 1. The summed E-state index contributed by atoms with van der Waals surface area (Å²) >= 11 is 0. The lowest BCUT2D eigenvalue weighted by atomic mass is 10.1. The van der Waals surface area contributed by atoms with Gasteiger partial charge < -0.3 is 5.11 Å². The summed E-state index contributed by atoms with van der Waals surface area (Å²) in [4.78, 5) is 48.5. The van der Waals surface area contributed by atoms with Crippen molar-refractivity contribution in [2.45, 2.75) is 13.8 Å². The Morgan fingerprint density at radius 2 is 1.28 bits per heavy atom. The van der Waals surface area contributed by atoms with Crippen LogP contribution in [0.2, 0.25) is 0 Å². The van der Waals surface area contributed by atoms with Crippen molar-refractivity contribution in [1.82, 2.24) is 5.01 Å². The highest BCUT2D eigenvalue weighted by atomic mass is 16.4. The molecular weight excluding hydrogens is 324 g/mol. The first-order valence-electron chi connectivity index (χ1n) is 7.37. The number of carboxylic acids is 1. The van der Waals surface area contributed by atoms with E-state index in [1.165, 1.54) is 31.2 Å². The highest BCUT2D eigenvalue weighted by Gasteiger charge is 2.32. The SMILES string of the molecule is CC(=O)N(C(=O)c1ccccc1C(=O)O)N(C(C)=O)c1ccccc1. The Morgan fingerprint density at radius 1 is 0.760 bits per heavy atom. The average molecular weight is 340 g/mol. The molecule has 25 heavy (non-hydrogen) atoms. The molecule has 0 saturated carbocycles. The number of rotatable bonds is 3. The highest BCUT2D eigenvalue weighted by molar-refractivity contribution is 6.13. The van der Waals surface area contributed by atoms with E-state index in [0.717, 1.165) is 11.9 Å².